The molecule has 1 saturated heterocycles. The minimum Gasteiger partial charge on any atom is -0.362 e. The Morgan fingerprint density at radius 1 is 0.829 bits per heavy atom. The van der Waals surface area contributed by atoms with Gasteiger partial charge in [-0.3, -0.25) is 0 Å². The van der Waals surface area contributed by atoms with Crippen LogP contribution in [0, 0.1) is 0 Å². The van der Waals surface area contributed by atoms with Gasteiger partial charge in [0.25, 0.3) is 0 Å². The number of para-hydroxylation sites is 1. The molecule has 0 spiro atoms. The fraction of sp³-hybridized carbons (Fsp3) is 0.333. The Labute approximate surface area is 208 Å². The fourth-order valence-electron chi connectivity index (χ4n) is 5.16. The summed E-state index contributed by atoms with van der Waals surface area (Å²) in [5.74, 6) is 2.13. The molecule has 0 atom stereocenters. The van der Waals surface area contributed by atoms with Crippen LogP contribution in [0.1, 0.15) is 36.3 Å². The van der Waals surface area contributed by atoms with E-state index in [2.05, 4.69) is 87.9 Å². The van der Waals surface area contributed by atoms with Crippen molar-refractivity contribution in [2.75, 3.05) is 43.9 Å². The number of rotatable bonds is 8. The summed E-state index contributed by atoms with van der Waals surface area (Å²) in [6.07, 6.45) is 3.34. The first-order valence-corrected chi connectivity index (χ1v) is 12.7. The van der Waals surface area contributed by atoms with Crippen LogP contribution in [-0.2, 0) is 0 Å². The van der Waals surface area contributed by atoms with Gasteiger partial charge in [-0.15, -0.1) is 0 Å². The van der Waals surface area contributed by atoms with Crippen molar-refractivity contribution in [1.82, 2.24) is 14.9 Å². The van der Waals surface area contributed by atoms with E-state index in [1.165, 1.54) is 11.1 Å². The Hall–Kier alpha value is -3.44. The second-order valence-electron chi connectivity index (χ2n) is 9.71. The molecular formula is C30H35N5. The maximum absolute atomic E-state index is 4.83. The summed E-state index contributed by atoms with van der Waals surface area (Å²) in [7, 11) is 4.07. The van der Waals surface area contributed by atoms with Crippen molar-refractivity contribution in [3.8, 4) is 0 Å². The molecule has 0 amide bonds. The SMILES string of the molecule is CN(C)c1nc(NC2CCN(CCC(c3ccccc3)c3ccccc3)CC2)nc2ccccc12. The van der Waals surface area contributed by atoms with Gasteiger partial charge in [-0.25, -0.2) is 4.98 Å². The van der Waals surface area contributed by atoms with E-state index in [-0.39, 0.29) is 0 Å². The third-order valence-corrected chi connectivity index (χ3v) is 7.07. The number of hydrogen-bond acceptors (Lipinski definition) is 5. The molecule has 5 heteroatoms. The molecule has 0 saturated carbocycles. The highest BCUT2D eigenvalue weighted by Crippen LogP contribution is 2.29. The molecule has 1 N–H and O–H groups in total. The van der Waals surface area contributed by atoms with Crippen molar-refractivity contribution in [3.05, 3.63) is 96.1 Å². The van der Waals surface area contributed by atoms with Crippen LogP contribution in [0.5, 0.6) is 0 Å². The van der Waals surface area contributed by atoms with Crippen molar-refractivity contribution < 1.29 is 0 Å². The van der Waals surface area contributed by atoms with Gasteiger partial charge in [0.1, 0.15) is 5.82 Å². The Kier molecular flexibility index (Phi) is 7.24. The summed E-state index contributed by atoms with van der Waals surface area (Å²) >= 11 is 0. The minimum atomic E-state index is 0.404. The topological polar surface area (TPSA) is 44.3 Å². The molecule has 5 rings (SSSR count). The molecule has 0 radical (unpaired) electrons. The number of fused-ring (bicyclic) bond motifs is 1. The van der Waals surface area contributed by atoms with Gasteiger partial charge in [-0.2, -0.15) is 4.98 Å². The van der Waals surface area contributed by atoms with Crippen molar-refractivity contribution in [1.29, 1.82) is 0 Å². The number of benzene rings is 3. The van der Waals surface area contributed by atoms with Gasteiger partial charge < -0.3 is 15.1 Å². The molecule has 2 heterocycles. The Morgan fingerprint density at radius 2 is 1.43 bits per heavy atom. The lowest BCUT2D eigenvalue weighted by molar-refractivity contribution is 0.214. The van der Waals surface area contributed by atoms with Gasteiger partial charge in [0.2, 0.25) is 5.95 Å². The summed E-state index contributed by atoms with van der Waals surface area (Å²) in [5.41, 5.74) is 3.79. The molecule has 1 aliphatic rings. The van der Waals surface area contributed by atoms with Crippen LogP contribution < -0.4 is 10.2 Å². The number of piperidine rings is 1. The number of likely N-dealkylation sites (tertiary alicyclic amines) is 1. The van der Waals surface area contributed by atoms with E-state index in [1.807, 2.05) is 26.2 Å². The highest BCUT2D eigenvalue weighted by molar-refractivity contribution is 5.90. The van der Waals surface area contributed by atoms with Crippen molar-refractivity contribution in [3.63, 3.8) is 0 Å². The lowest BCUT2D eigenvalue weighted by atomic mass is 9.88. The molecule has 1 fully saturated rings. The van der Waals surface area contributed by atoms with E-state index >= 15 is 0 Å². The predicted octanol–water partition coefficient (Wildman–Crippen LogP) is 5.79. The van der Waals surface area contributed by atoms with Gasteiger partial charge in [0, 0.05) is 44.5 Å². The maximum atomic E-state index is 4.83. The molecule has 0 unspecified atom stereocenters. The fourth-order valence-corrected chi connectivity index (χ4v) is 5.16. The molecule has 0 aliphatic carbocycles. The summed E-state index contributed by atoms with van der Waals surface area (Å²) in [4.78, 5) is 14.3. The van der Waals surface area contributed by atoms with E-state index in [9.17, 15) is 0 Å². The standard InChI is InChI=1S/C30H35N5/c1-34(2)29-27-15-9-10-16-28(27)32-30(33-29)31-25-17-20-35(21-18-25)22-19-26(23-11-5-3-6-12-23)24-13-7-4-8-14-24/h3-16,25-26H,17-22H2,1-2H3,(H,31,32,33). The number of nitrogens with zero attached hydrogens (tertiary/aromatic N) is 4. The van der Waals surface area contributed by atoms with Gasteiger partial charge >= 0.3 is 0 Å². The minimum absolute atomic E-state index is 0.404. The summed E-state index contributed by atoms with van der Waals surface area (Å²) in [6, 6.07) is 30.5. The van der Waals surface area contributed by atoms with E-state index in [1.54, 1.807) is 0 Å². The average molecular weight is 466 g/mol. The zero-order chi connectivity index (χ0) is 24.0. The van der Waals surface area contributed by atoms with Crippen LogP contribution in [0.15, 0.2) is 84.9 Å². The number of nitrogens with one attached hydrogen (secondary N) is 1. The quantitative estimate of drug-likeness (QED) is 0.357. The van der Waals surface area contributed by atoms with Crippen LogP contribution in [0.4, 0.5) is 11.8 Å². The summed E-state index contributed by atoms with van der Waals surface area (Å²) < 4.78 is 0. The van der Waals surface area contributed by atoms with Crippen molar-refractivity contribution >= 4 is 22.7 Å². The maximum Gasteiger partial charge on any atom is 0.225 e. The first-order valence-electron chi connectivity index (χ1n) is 12.7. The van der Waals surface area contributed by atoms with E-state index in [4.69, 9.17) is 9.97 Å². The van der Waals surface area contributed by atoms with Gasteiger partial charge in [0.05, 0.1) is 5.52 Å². The predicted molar refractivity (Wildman–Crippen MR) is 146 cm³/mol. The Morgan fingerprint density at radius 3 is 2.06 bits per heavy atom. The normalized spacial score (nSPS) is 14.9. The lowest BCUT2D eigenvalue weighted by Gasteiger charge is -2.33. The van der Waals surface area contributed by atoms with Crippen molar-refractivity contribution in [2.45, 2.75) is 31.2 Å². The van der Waals surface area contributed by atoms with E-state index < -0.39 is 0 Å². The van der Waals surface area contributed by atoms with Crippen LogP contribution >= 0.6 is 0 Å². The molecule has 3 aromatic carbocycles. The smallest absolute Gasteiger partial charge is 0.225 e. The number of hydrogen-bond donors (Lipinski definition) is 1. The lowest BCUT2D eigenvalue weighted by Crippen LogP contribution is -2.40. The zero-order valence-corrected chi connectivity index (χ0v) is 20.8. The highest BCUT2D eigenvalue weighted by Gasteiger charge is 2.22. The number of aromatic nitrogens is 2. The van der Waals surface area contributed by atoms with Crippen LogP contribution in [-0.4, -0.2) is 54.6 Å². The number of anilines is 2. The molecule has 180 valence electrons. The Bertz CT molecular complexity index is 1180. The first-order chi connectivity index (χ1) is 17.2. The first kappa shape index (κ1) is 23.3. The molecule has 1 aliphatic heterocycles. The van der Waals surface area contributed by atoms with Crippen molar-refractivity contribution in [2.24, 2.45) is 0 Å². The molecule has 4 aromatic rings. The van der Waals surface area contributed by atoms with Gasteiger partial charge in [-0.1, -0.05) is 72.8 Å². The third kappa shape index (κ3) is 5.63. The second kappa shape index (κ2) is 10.9. The molecule has 5 nitrogen and oxygen atoms in total. The molecule has 0 bridgehead atoms. The molecule has 1 aromatic heterocycles. The van der Waals surface area contributed by atoms with E-state index in [0.717, 1.165) is 61.6 Å². The molecular weight excluding hydrogens is 430 g/mol. The highest BCUT2D eigenvalue weighted by atomic mass is 15.2. The van der Waals surface area contributed by atoms with Crippen LogP contribution in [0.25, 0.3) is 10.9 Å². The monoisotopic (exact) mass is 465 g/mol. The van der Waals surface area contributed by atoms with Crippen LogP contribution in [0.3, 0.4) is 0 Å². The molecule has 35 heavy (non-hydrogen) atoms. The zero-order valence-electron chi connectivity index (χ0n) is 20.8. The van der Waals surface area contributed by atoms with Crippen LogP contribution in [0.2, 0.25) is 0 Å². The largest absolute Gasteiger partial charge is 0.362 e. The van der Waals surface area contributed by atoms with E-state index in [0.29, 0.717) is 12.0 Å². The van der Waals surface area contributed by atoms with Gasteiger partial charge in [-0.05, 0) is 49.1 Å². The third-order valence-electron chi connectivity index (χ3n) is 7.07. The Balaban J connectivity index is 1.20. The second-order valence-corrected chi connectivity index (χ2v) is 9.71. The summed E-state index contributed by atoms with van der Waals surface area (Å²) in [6.45, 7) is 3.31. The van der Waals surface area contributed by atoms with Gasteiger partial charge in [0.15, 0.2) is 0 Å². The average Bonchev–Trinajstić information content (AvgIpc) is 2.90. The summed E-state index contributed by atoms with van der Waals surface area (Å²) in [5, 5.41) is 4.72.